The van der Waals surface area contributed by atoms with Crippen molar-refractivity contribution in [1.82, 2.24) is 19.8 Å². The van der Waals surface area contributed by atoms with Crippen LogP contribution in [0.15, 0.2) is 53.3 Å². The van der Waals surface area contributed by atoms with Crippen LogP contribution in [-0.4, -0.2) is 64.0 Å². The van der Waals surface area contributed by atoms with Crippen molar-refractivity contribution in [1.29, 1.82) is 0 Å². The summed E-state index contributed by atoms with van der Waals surface area (Å²) in [6.45, 7) is 5.00. The van der Waals surface area contributed by atoms with E-state index in [1.807, 2.05) is 17.0 Å². The number of H-pyrrole nitrogens is 1. The van der Waals surface area contributed by atoms with Gasteiger partial charge < -0.3 is 19.9 Å². The highest BCUT2D eigenvalue weighted by Crippen LogP contribution is 2.26. The molecule has 1 saturated heterocycles. The summed E-state index contributed by atoms with van der Waals surface area (Å²) in [4.78, 5) is 35.8. The topological polar surface area (TPSA) is 89.5 Å². The maximum absolute atomic E-state index is 12.7. The van der Waals surface area contributed by atoms with Gasteiger partial charge in [-0.15, -0.1) is 0 Å². The molecule has 1 aliphatic rings. The number of carbonyl (C=O) groups is 1. The molecule has 2 aromatic carbocycles. The minimum atomic E-state index is -0.453. The predicted molar refractivity (Wildman–Crippen MR) is 116 cm³/mol. The van der Waals surface area contributed by atoms with E-state index in [2.05, 4.69) is 21.9 Å². The highest BCUT2D eigenvalue weighted by Gasteiger charge is 2.20. The lowest BCUT2D eigenvalue weighted by Gasteiger charge is -2.32. The normalized spacial score (nSPS) is 14.7. The maximum atomic E-state index is 12.7. The molecule has 1 amide bonds. The van der Waals surface area contributed by atoms with E-state index in [1.165, 1.54) is 0 Å². The quantitative estimate of drug-likeness (QED) is 0.700. The highest BCUT2D eigenvalue weighted by atomic mass is 16.3. The summed E-state index contributed by atoms with van der Waals surface area (Å²) in [6.07, 6.45) is 0. The number of phenols is 1. The van der Waals surface area contributed by atoms with Crippen LogP contribution in [0.3, 0.4) is 0 Å². The Labute approximate surface area is 174 Å². The summed E-state index contributed by atoms with van der Waals surface area (Å²) in [5, 5.41) is 9.73. The lowest BCUT2D eigenvalue weighted by atomic mass is 10.0. The molecule has 1 fully saturated rings. The average Bonchev–Trinajstić information content (AvgIpc) is 2.75. The Morgan fingerprint density at radius 3 is 2.33 bits per heavy atom. The van der Waals surface area contributed by atoms with Gasteiger partial charge in [-0.05, 0) is 61.5 Å². The molecule has 0 aliphatic carbocycles. The molecule has 0 unspecified atom stereocenters. The number of aromatic amines is 1. The first-order chi connectivity index (χ1) is 14.4. The van der Waals surface area contributed by atoms with Crippen LogP contribution in [-0.2, 0) is 0 Å². The molecule has 0 atom stereocenters. The van der Waals surface area contributed by atoms with Gasteiger partial charge in [0, 0.05) is 37.3 Å². The number of hydrogen-bond acceptors (Lipinski definition) is 5. The third kappa shape index (κ3) is 4.11. The van der Waals surface area contributed by atoms with Crippen molar-refractivity contribution in [3.63, 3.8) is 0 Å². The van der Waals surface area contributed by atoms with E-state index in [4.69, 9.17) is 0 Å². The second-order valence-electron chi connectivity index (χ2n) is 7.66. The van der Waals surface area contributed by atoms with Crippen LogP contribution >= 0.6 is 0 Å². The first kappa shape index (κ1) is 19.8. The molecule has 0 bridgehead atoms. The minimum Gasteiger partial charge on any atom is -0.508 e. The van der Waals surface area contributed by atoms with E-state index < -0.39 is 5.69 Å². The fraction of sp³-hybridized carbons (Fsp3) is 0.261. The van der Waals surface area contributed by atoms with Gasteiger partial charge in [0.1, 0.15) is 5.75 Å². The predicted octanol–water partition coefficient (Wildman–Crippen LogP) is 2.51. The Bertz CT molecular complexity index is 1130. The third-order valence-electron chi connectivity index (χ3n) is 5.47. The summed E-state index contributed by atoms with van der Waals surface area (Å²) in [5.41, 5.74) is 3.58. The molecule has 154 valence electrons. The minimum absolute atomic E-state index is 0.0260. The Morgan fingerprint density at radius 2 is 1.67 bits per heavy atom. The van der Waals surface area contributed by atoms with Crippen molar-refractivity contribution in [2.24, 2.45) is 0 Å². The molecule has 7 nitrogen and oxygen atoms in total. The first-order valence-electron chi connectivity index (χ1n) is 9.90. The molecular weight excluding hydrogens is 380 g/mol. The summed E-state index contributed by atoms with van der Waals surface area (Å²) in [5.74, 6) is 0.225. The van der Waals surface area contributed by atoms with E-state index in [-0.39, 0.29) is 11.7 Å². The second kappa shape index (κ2) is 8.12. The lowest BCUT2D eigenvalue weighted by Crippen LogP contribution is -2.47. The first-order valence-corrected chi connectivity index (χ1v) is 9.90. The number of amides is 1. The smallest absolute Gasteiger partial charge is 0.345 e. The molecule has 1 aliphatic heterocycles. The van der Waals surface area contributed by atoms with Crippen molar-refractivity contribution >= 4 is 5.91 Å². The monoisotopic (exact) mass is 404 g/mol. The molecule has 4 rings (SSSR count). The number of likely N-dealkylation sites (N-methyl/N-ethyl adjacent to an activating group) is 1. The van der Waals surface area contributed by atoms with Crippen LogP contribution in [0.2, 0.25) is 0 Å². The fourth-order valence-electron chi connectivity index (χ4n) is 3.56. The van der Waals surface area contributed by atoms with E-state index in [0.29, 0.717) is 22.5 Å². The van der Waals surface area contributed by atoms with Crippen LogP contribution in [0.25, 0.3) is 22.5 Å². The zero-order valence-electron chi connectivity index (χ0n) is 17.1. The number of aromatic nitrogens is 2. The third-order valence-corrected chi connectivity index (χ3v) is 5.47. The van der Waals surface area contributed by atoms with E-state index in [0.717, 1.165) is 37.3 Å². The summed E-state index contributed by atoms with van der Waals surface area (Å²) in [6, 6.07) is 14.2. The molecule has 30 heavy (non-hydrogen) atoms. The molecule has 0 radical (unpaired) electrons. The summed E-state index contributed by atoms with van der Waals surface area (Å²) >= 11 is 0. The van der Waals surface area contributed by atoms with Gasteiger partial charge in [0.15, 0.2) is 0 Å². The van der Waals surface area contributed by atoms with Crippen LogP contribution in [0.5, 0.6) is 5.75 Å². The molecule has 1 aromatic heterocycles. The average molecular weight is 404 g/mol. The SMILES string of the molecule is Cc1cc(-c2cc(-c3ccc(C(=O)N4CCN(C)CC4)cc3)[nH]c(=O)n2)ccc1O. The number of aromatic hydroxyl groups is 1. The second-order valence-corrected chi connectivity index (χ2v) is 7.66. The van der Waals surface area contributed by atoms with Gasteiger partial charge in [0.2, 0.25) is 0 Å². The van der Waals surface area contributed by atoms with Gasteiger partial charge in [-0.2, -0.15) is 4.98 Å². The van der Waals surface area contributed by atoms with Crippen LogP contribution < -0.4 is 5.69 Å². The largest absolute Gasteiger partial charge is 0.508 e. The number of hydrogen-bond donors (Lipinski definition) is 2. The number of aryl methyl sites for hydroxylation is 1. The Hall–Kier alpha value is -3.45. The van der Waals surface area contributed by atoms with Crippen molar-refractivity contribution < 1.29 is 9.90 Å². The van der Waals surface area contributed by atoms with Gasteiger partial charge in [-0.25, -0.2) is 4.79 Å². The standard InChI is InChI=1S/C23H24N4O3/c1-15-13-18(7-8-21(15)28)20-14-19(24-23(30)25-20)16-3-5-17(6-4-16)22(29)27-11-9-26(2)10-12-27/h3-8,13-14,28H,9-12H2,1-2H3,(H,24,25,30). The van der Waals surface area contributed by atoms with Crippen LogP contribution in [0.4, 0.5) is 0 Å². The zero-order valence-corrected chi connectivity index (χ0v) is 17.1. The number of carbonyl (C=O) groups excluding carboxylic acids is 1. The van der Waals surface area contributed by atoms with Gasteiger partial charge in [-0.3, -0.25) is 4.79 Å². The fourth-order valence-corrected chi connectivity index (χ4v) is 3.56. The molecular formula is C23H24N4O3. The van der Waals surface area contributed by atoms with E-state index >= 15 is 0 Å². The Balaban J connectivity index is 1.60. The molecule has 2 N–H and O–H groups in total. The van der Waals surface area contributed by atoms with E-state index in [9.17, 15) is 14.7 Å². The number of piperazine rings is 1. The van der Waals surface area contributed by atoms with E-state index in [1.54, 1.807) is 43.3 Å². The van der Waals surface area contributed by atoms with Crippen molar-refractivity contribution in [2.45, 2.75) is 6.92 Å². The van der Waals surface area contributed by atoms with Gasteiger partial charge in [0.05, 0.1) is 11.4 Å². The lowest BCUT2D eigenvalue weighted by molar-refractivity contribution is 0.0664. The van der Waals surface area contributed by atoms with Crippen molar-refractivity contribution in [3.05, 3.63) is 70.1 Å². The maximum Gasteiger partial charge on any atom is 0.345 e. The molecule has 0 spiro atoms. The van der Waals surface area contributed by atoms with Crippen molar-refractivity contribution in [2.75, 3.05) is 33.2 Å². The number of phenolic OH excluding ortho intramolecular Hbond substituents is 1. The van der Waals surface area contributed by atoms with Gasteiger partial charge in [0.25, 0.3) is 5.91 Å². The van der Waals surface area contributed by atoms with Gasteiger partial charge >= 0.3 is 5.69 Å². The number of benzene rings is 2. The number of nitrogens with zero attached hydrogens (tertiary/aromatic N) is 3. The Kier molecular flexibility index (Phi) is 5.37. The molecule has 0 saturated carbocycles. The molecule has 7 heteroatoms. The number of rotatable bonds is 3. The Morgan fingerprint density at radius 1 is 1.00 bits per heavy atom. The van der Waals surface area contributed by atoms with Crippen LogP contribution in [0.1, 0.15) is 15.9 Å². The summed E-state index contributed by atoms with van der Waals surface area (Å²) < 4.78 is 0. The van der Waals surface area contributed by atoms with Crippen molar-refractivity contribution in [3.8, 4) is 28.3 Å². The number of nitrogens with one attached hydrogen (secondary N) is 1. The highest BCUT2D eigenvalue weighted by molar-refractivity contribution is 5.94. The van der Waals surface area contributed by atoms with Crippen LogP contribution in [0, 0.1) is 6.92 Å². The zero-order chi connectivity index (χ0) is 21.3. The summed E-state index contributed by atoms with van der Waals surface area (Å²) in [7, 11) is 2.06. The molecule has 3 aromatic rings. The van der Waals surface area contributed by atoms with Gasteiger partial charge in [-0.1, -0.05) is 12.1 Å². The molecule has 2 heterocycles.